The lowest BCUT2D eigenvalue weighted by atomic mass is 10.1. The summed E-state index contributed by atoms with van der Waals surface area (Å²) < 4.78 is 0.802. The Kier molecular flexibility index (Phi) is 4.40. The molecule has 6 nitrogen and oxygen atoms in total. The molecule has 0 spiro atoms. The minimum absolute atomic E-state index is 0.577. The zero-order valence-electron chi connectivity index (χ0n) is 13.9. The highest BCUT2D eigenvalue weighted by molar-refractivity contribution is 9.10. The van der Waals surface area contributed by atoms with E-state index in [1.54, 1.807) is 6.20 Å². The van der Waals surface area contributed by atoms with Gasteiger partial charge in [0, 0.05) is 24.7 Å². The van der Waals surface area contributed by atoms with Gasteiger partial charge in [-0.1, -0.05) is 29.8 Å². The molecule has 3 aromatic rings. The fourth-order valence-electron chi connectivity index (χ4n) is 2.54. The number of aromatic nitrogens is 4. The van der Waals surface area contributed by atoms with E-state index >= 15 is 0 Å². The topological polar surface area (TPSA) is 78.5 Å². The molecular weight excluding hydrogens is 380 g/mol. The van der Waals surface area contributed by atoms with Gasteiger partial charge in [-0.2, -0.15) is 10.1 Å². The van der Waals surface area contributed by atoms with Crippen LogP contribution in [0.3, 0.4) is 0 Å². The van der Waals surface area contributed by atoms with Crippen molar-refractivity contribution in [1.82, 2.24) is 20.2 Å². The summed E-state index contributed by atoms with van der Waals surface area (Å²) in [5.74, 6) is 2.73. The Labute approximate surface area is 154 Å². The van der Waals surface area contributed by atoms with Crippen LogP contribution < -0.4 is 10.6 Å². The summed E-state index contributed by atoms with van der Waals surface area (Å²) in [6, 6.07) is 10.4. The molecule has 0 saturated heterocycles. The number of anilines is 3. The highest BCUT2D eigenvalue weighted by atomic mass is 79.9. The SMILES string of the molecule is Cc1ccc(CNc2ncc(Br)c(Nc3cc(C4CC4)n[nH]3)n2)cc1. The molecule has 1 aliphatic carbocycles. The Morgan fingerprint density at radius 2 is 2.04 bits per heavy atom. The lowest BCUT2D eigenvalue weighted by Crippen LogP contribution is -2.05. The van der Waals surface area contributed by atoms with E-state index in [9.17, 15) is 0 Å². The summed E-state index contributed by atoms with van der Waals surface area (Å²) in [7, 11) is 0. The van der Waals surface area contributed by atoms with Crippen LogP contribution in [0.15, 0.2) is 41.0 Å². The number of nitrogens with one attached hydrogen (secondary N) is 3. The first-order valence-corrected chi connectivity index (χ1v) is 9.11. The van der Waals surface area contributed by atoms with E-state index in [1.165, 1.54) is 24.0 Å². The third-order valence-electron chi connectivity index (χ3n) is 4.16. The second kappa shape index (κ2) is 6.84. The average molecular weight is 399 g/mol. The molecule has 128 valence electrons. The minimum Gasteiger partial charge on any atom is -0.350 e. The van der Waals surface area contributed by atoms with Crippen LogP contribution in [0, 0.1) is 6.92 Å². The van der Waals surface area contributed by atoms with Crippen LogP contribution in [-0.4, -0.2) is 20.2 Å². The van der Waals surface area contributed by atoms with Gasteiger partial charge in [0.25, 0.3) is 0 Å². The molecule has 0 unspecified atom stereocenters. The molecule has 1 aliphatic rings. The summed E-state index contributed by atoms with van der Waals surface area (Å²) in [4.78, 5) is 8.86. The minimum atomic E-state index is 0.577. The quantitative estimate of drug-likeness (QED) is 0.569. The number of benzene rings is 1. The maximum atomic E-state index is 4.54. The van der Waals surface area contributed by atoms with Crippen LogP contribution in [0.4, 0.5) is 17.6 Å². The van der Waals surface area contributed by atoms with E-state index < -0.39 is 0 Å². The lowest BCUT2D eigenvalue weighted by Gasteiger charge is -2.09. The Morgan fingerprint density at radius 1 is 1.24 bits per heavy atom. The fourth-order valence-corrected chi connectivity index (χ4v) is 2.83. The molecular formula is C18H19BrN6. The van der Waals surface area contributed by atoms with Gasteiger partial charge >= 0.3 is 0 Å². The molecule has 2 heterocycles. The maximum Gasteiger partial charge on any atom is 0.224 e. The van der Waals surface area contributed by atoms with E-state index in [-0.39, 0.29) is 0 Å². The molecule has 0 amide bonds. The first-order valence-electron chi connectivity index (χ1n) is 8.31. The van der Waals surface area contributed by atoms with Gasteiger partial charge in [0.2, 0.25) is 5.95 Å². The van der Waals surface area contributed by atoms with E-state index in [2.05, 4.69) is 77.9 Å². The monoisotopic (exact) mass is 398 g/mol. The smallest absolute Gasteiger partial charge is 0.224 e. The molecule has 4 rings (SSSR count). The van der Waals surface area contributed by atoms with Crippen molar-refractivity contribution in [2.45, 2.75) is 32.2 Å². The van der Waals surface area contributed by atoms with E-state index in [4.69, 9.17) is 0 Å². The number of hydrogen-bond donors (Lipinski definition) is 3. The van der Waals surface area contributed by atoms with Crippen molar-refractivity contribution in [2.75, 3.05) is 10.6 Å². The number of aromatic amines is 1. The van der Waals surface area contributed by atoms with Gasteiger partial charge < -0.3 is 10.6 Å². The molecule has 0 aliphatic heterocycles. The van der Waals surface area contributed by atoms with E-state index in [0.29, 0.717) is 24.2 Å². The van der Waals surface area contributed by atoms with Gasteiger partial charge in [0.1, 0.15) is 5.82 Å². The number of nitrogens with zero attached hydrogens (tertiary/aromatic N) is 3. The first-order chi connectivity index (χ1) is 12.2. The van der Waals surface area contributed by atoms with E-state index in [1.807, 2.05) is 6.07 Å². The van der Waals surface area contributed by atoms with Crippen molar-refractivity contribution < 1.29 is 0 Å². The van der Waals surface area contributed by atoms with Gasteiger partial charge in [0.15, 0.2) is 5.82 Å². The van der Waals surface area contributed by atoms with Gasteiger partial charge in [-0.05, 0) is 41.3 Å². The van der Waals surface area contributed by atoms with Gasteiger partial charge in [0.05, 0.1) is 10.2 Å². The molecule has 3 N–H and O–H groups in total. The number of halogens is 1. The number of H-pyrrole nitrogens is 1. The highest BCUT2D eigenvalue weighted by Crippen LogP contribution is 2.39. The third kappa shape index (κ3) is 3.99. The summed E-state index contributed by atoms with van der Waals surface area (Å²) in [6.07, 6.45) is 4.20. The molecule has 1 saturated carbocycles. The van der Waals surface area contributed by atoms with Crippen molar-refractivity contribution in [3.8, 4) is 0 Å². The summed E-state index contributed by atoms with van der Waals surface area (Å²) in [6.45, 7) is 2.76. The van der Waals surface area contributed by atoms with Crippen molar-refractivity contribution in [3.63, 3.8) is 0 Å². The largest absolute Gasteiger partial charge is 0.350 e. The molecule has 0 bridgehead atoms. The molecule has 1 fully saturated rings. The zero-order valence-corrected chi connectivity index (χ0v) is 15.5. The summed E-state index contributed by atoms with van der Waals surface area (Å²) in [5.41, 5.74) is 3.56. The van der Waals surface area contributed by atoms with Crippen LogP contribution in [0.1, 0.15) is 35.6 Å². The Hall–Kier alpha value is -2.41. The van der Waals surface area contributed by atoms with Crippen LogP contribution >= 0.6 is 15.9 Å². The first kappa shape index (κ1) is 16.1. The van der Waals surface area contributed by atoms with E-state index in [0.717, 1.165) is 16.0 Å². The molecule has 7 heteroatoms. The molecule has 1 aromatic carbocycles. The lowest BCUT2D eigenvalue weighted by molar-refractivity contribution is 0.966. The number of rotatable bonds is 6. The zero-order chi connectivity index (χ0) is 17.2. The molecule has 0 radical (unpaired) electrons. The normalized spacial score (nSPS) is 13.7. The molecule has 0 atom stereocenters. The second-order valence-corrected chi connectivity index (χ2v) is 7.19. The van der Waals surface area contributed by atoms with Gasteiger partial charge in [-0.15, -0.1) is 0 Å². The second-order valence-electron chi connectivity index (χ2n) is 6.34. The molecule has 2 aromatic heterocycles. The standard InChI is InChI=1S/C18H19BrN6/c1-11-2-4-12(5-3-11)9-20-18-21-10-14(19)17(23-18)22-16-8-15(24-25-16)13-6-7-13/h2-5,8,10,13H,6-7,9H2,1H3,(H3,20,21,22,23,24,25). The van der Waals surface area contributed by atoms with Crippen molar-refractivity contribution >= 4 is 33.5 Å². The third-order valence-corrected chi connectivity index (χ3v) is 4.74. The van der Waals surface area contributed by atoms with Crippen LogP contribution in [0.2, 0.25) is 0 Å². The maximum absolute atomic E-state index is 4.54. The highest BCUT2D eigenvalue weighted by Gasteiger charge is 2.26. The van der Waals surface area contributed by atoms with Gasteiger partial charge in [-0.3, -0.25) is 5.10 Å². The fraction of sp³-hybridized carbons (Fsp3) is 0.278. The predicted octanol–water partition coefficient (Wildman–Crippen LogP) is 4.50. The van der Waals surface area contributed by atoms with Crippen LogP contribution in [0.5, 0.6) is 0 Å². The summed E-state index contributed by atoms with van der Waals surface area (Å²) in [5, 5.41) is 13.9. The van der Waals surface area contributed by atoms with Crippen molar-refractivity contribution in [1.29, 1.82) is 0 Å². The van der Waals surface area contributed by atoms with Crippen molar-refractivity contribution in [3.05, 3.63) is 57.8 Å². The Balaban J connectivity index is 1.44. The van der Waals surface area contributed by atoms with Gasteiger partial charge in [-0.25, -0.2) is 4.98 Å². The Morgan fingerprint density at radius 3 is 2.80 bits per heavy atom. The molecule has 25 heavy (non-hydrogen) atoms. The number of hydrogen-bond acceptors (Lipinski definition) is 5. The summed E-state index contributed by atoms with van der Waals surface area (Å²) >= 11 is 3.49. The van der Waals surface area contributed by atoms with Crippen molar-refractivity contribution in [2.24, 2.45) is 0 Å². The number of aryl methyl sites for hydroxylation is 1. The Bertz CT molecular complexity index is 870. The van der Waals surface area contributed by atoms with Crippen LogP contribution in [-0.2, 0) is 6.54 Å². The van der Waals surface area contributed by atoms with Crippen LogP contribution in [0.25, 0.3) is 0 Å². The predicted molar refractivity (Wildman–Crippen MR) is 102 cm³/mol. The average Bonchev–Trinajstić information content (AvgIpc) is 3.37.